The van der Waals surface area contributed by atoms with Crippen LogP contribution >= 0.6 is 15.9 Å². The molecular weight excluding hydrogens is 228 g/mol. The Balaban J connectivity index is 4.02. The summed E-state index contributed by atoms with van der Waals surface area (Å²) in [5.41, 5.74) is 0.615. The molecule has 0 aromatic carbocycles. The van der Waals surface area contributed by atoms with Gasteiger partial charge >= 0.3 is 0 Å². The quantitative estimate of drug-likeness (QED) is 0.397. The summed E-state index contributed by atoms with van der Waals surface area (Å²) in [7, 11) is 0. The number of hydrogen-bond donors (Lipinski definition) is 0. The highest BCUT2D eigenvalue weighted by Gasteiger charge is 2.13. The number of carbonyl (C=O) groups is 1. The molecule has 0 radical (unpaired) electrons. The van der Waals surface area contributed by atoms with Gasteiger partial charge in [-0.15, -0.1) is 0 Å². The van der Waals surface area contributed by atoms with Crippen LogP contribution in [0.4, 0.5) is 0 Å². The van der Waals surface area contributed by atoms with Gasteiger partial charge in [0, 0.05) is 16.8 Å². The van der Waals surface area contributed by atoms with Crippen molar-refractivity contribution in [3.05, 3.63) is 24.3 Å². The predicted molar refractivity (Wildman–Crippen MR) is 61.2 cm³/mol. The second kappa shape index (κ2) is 7.07. The molecule has 0 N–H and O–H groups in total. The van der Waals surface area contributed by atoms with E-state index in [4.69, 9.17) is 0 Å². The number of hydrogen-bond acceptors (Lipinski definition) is 1. The van der Waals surface area contributed by atoms with Crippen molar-refractivity contribution in [2.24, 2.45) is 5.92 Å². The Kier molecular flexibility index (Phi) is 6.87. The first-order valence-electron chi connectivity index (χ1n) is 4.55. The highest BCUT2D eigenvalue weighted by Crippen LogP contribution is 2.13. The van der Waals surface area contributed by atoms with E-state index in [9.17, 15) is 4.79 Å². The zero-order valence-corrected chi connectivity index (χ0v) is 9.93. The molecule has 0 aliphatic rings. The molecule has 0 fully saturated rings. The predicted octanol–water partition coefficient (Wildman–Crippen LogP) is 3.50. The van der Waals surface area contributed by atoms with Crippen molar-refractivity contribution in [2.75, 3.05) is 5.33 Å². The minimum absolute atomic E-state index is 0.0984. The molecule has 0 aromatic heterocycles. The fourth-order valence-corrected chi connectivity index (χ4v) is 1.44. The zero-order chi connectivity index (χ0) is 10.3. The molecule has 0 bridgehead atoms. The Morgan fingerprint density at radius 1 is 1.62 bits per heavy atom. The molecule has 1 nitrogen and oxygen atoms in total. The summed E-state index contributed by atoms with van der Waals surface area (Å²) in [5, 5.41) is 0.959. The van der Waals surface area contributed by atoms with Gasteiger partial charge in [0.05, 0.1) is 0 Å². The van der Waals surface area contributed by atoms with E-state index in [1.54, 1.807) is 6.08 Å². The highest BCUT2D eigenvalue weighted by molar-refractivity contribution is 9.09. The minimum atomic E-state index is 0.0984. The molecule has 0 saturated heterocycles. The monoisotopic (exact) mass is 244 g/mol. The maximum Gasteiger partial charge on any atom is 0.165 e. The van der Waals surface area contributed by atoms with Gasteiger partial charge in [-0.3, -0.25) is 4.79 Å². The Hall–Kier alpha value is -0.370. The number of halogens is 1. The van der Waals surface area contributed by atoms with Crippen molar-refractivity contribution in [2.45, 2.75) is 26.7 Å². The lowest BCUT2D eigenvalue weighted by Crippen LogP contribution is -2.11. The number of rotatable bonds is 6. The van der Waals surface area contributed by atoms with E-state index in [-0.39, 0.29) is 11.7 Å². The molecule has 0 heterocycles. The zero-order valence-electron chi connectivity index (χ0n) is 8.35. The topological polar surface area (TPSA) is 17.1 Å². The van der Waals surface area contributed by atoms with Gasteiger partial charge in [-0.1, -0.05) is 41.6 Å². The Morgan fingerprint density at radius 3 is 2.69 bits per heavy atom. The minimum Gasteiger partial charge on any atom is -0.294 e. The Labute approximate surface area is 89.0 Å². The summed E-state index contributed by atoms with van der Waals surface area (Å²) in [5.74, 6) is 0.264. The van der Waals surface area contributed by atoms with Crippen molar-refractivity contribution >= 4 is 21.7 Å². The van der Waals surface area contributed by atoms with Gasteiger partial charge in [0.2, 0.25) is 0 Å². The van der Waals surface area contributed by atoms with Crippen molar-refractivity contribution < 1.29 is 4.79 Å². The van der Waals surface area contributed by atoms with Gasteiger partial charge in [-0.05, 0) is 19.8 Å². The molecule has 1 unspecified atom stereocenters. The molecule has 0 aromatic rings. The van der Waals surface area contributed by atoms with Crippen LogP contribution in [0.3, 0.4) is 0 Å². The SMILES string of the molecule is C=C(C=CC)C(=O)C(C)CCCBr. The van der Waals surface area contributed by atoms with E-state index in [0.717, 1.165) is 18.2 Å². The third kappa shape index (κ3) is 5.04. The second-order valence-electron chi connectivity index (χ2n) is 3.12. The van der Waals surface area contributed by atoms with E-state index in [2.05, 4.69) is 22.5 Å². The third-order valence-electron chi connectivity index (χ3n) is 1.90. The molecule has 74 valence electrons. The normalized spacial score (nSPS) is 13.2. The number of allylic oxidation sites excluding steroid dienone is 3. The number of carbonyl (C=O) groups excluding carboxylic acids is 1. The van der Waals surface area contributed by atoms with Crippen LogP contribution in [0.15, 0.2) is 24.3 Å². The van der Waals surface area contributed by atoms with Gasteiger partial charge < -0.3 is 0 Å². The maximum absolute atomic E-state index is 11.6. The van der Waals surface area contributed by atoms with Crippen LogP contribution in [0.5, 0.6) is 0 Å². The fourth-order valence-electron chi connectivity index (χ4n) is 1.11. The summed E-state index contributed by atoms with van der Waals surface area (Å²) >= 11 is 3.35. The van der Waals surface area contributed by atoms with Crippen LogP contribution < -0.4 is 0 Å². The molecule has 0 saturated carbocycles. The molecule has 0 spiro atoms. The van der Waals surface area contributed by atoms with Crippen LogP contribution in [-0.4, -0.2) is 11.1 Å². The molecule has 0 aliphatic heterocycles. The van der Waals surface area contributed by atoms with E-state index >= 15 is 0 Å². The summed E-state index contributed by atoms with van der Waals surface area (Å²) in [6.45, 7) is 7.57. The third-order valence-corrected chi connectivity index (χ3v) is 2.46. The Morgan fingerprint density at radius 2 is 2.23 bits per heavy atom. The van der Waals surface area contributed by atoms with E-state index in [0.29, 0.717) is 5.57 Å². The summed E-state index contributed by atoms with van der Waals surface area (Å²) in [6, 6.07) is 0. The highest BCUT2D eigenvalue weighted by atomic mass is 79.9. The van der Waals surface area contributed by atoms with Crippen LogP contribution in [-0.2, 0) is 4.79 Å². The standard InChI is InChI=1S/C11H17BrO/c1-4-6-9(2)11(13)10(3)7-5-8-12/h4,6,10H,2,5,7-8H2,1,3H3. The molecule has 1 atom stereocenters. The molecular formula is C11H17BrO. The number of alkyl halides is 1. The second-order valence-corrected chi connectivity index (χ2v) is 3.91. The smallest absolute Gasteiger partial charge is 0.165 e. The summed E-state index contributed by atoms with van der Waals surface area (Å²) in [6.07, 6.45) is 5.58. The van der Waals surface area contributed by atoms with Gasteiger partial charge in [-0.2, -0.15) is 0 Å². The molecule has 0 aliphatic carbocycles. The van der Waals surface area contributed by atoms with E-state index < -0.39 is 0 Å². The first kappa shape index (κ1) is 12.6. The first-order chi connectivity index (χ1) is 6.13. The molecule has 0 rings (SSSR count). The van der Waals surface area contributed by atoms with Crippen LogP contribution in [0, 0.1) is 5.92 Å². The van der Waals surface area contributed by atoms with Crippen LogP contribution in [0.2, 0.25) is 0 Å². The van der Waals surface area contributed by atoms with Crippen LogP contribution in [0.1, 0.15) is 26.7 Å². The van der Waals surface area contributed by atoms with Crippen molar-refractivity contribution in [1.82, 2.24) is 0 Å². The van der Waals surface area contributed by atoms with E-state index in [1.807, 2.05) is 19.9 Å². The number of ketones is 1. The largest absolute Gasteiger partial charge is 0.294 e. The molecule has 2 heteroatoms. The lowest BCUT2D eigenvalue weighted by molar-refractivity contribution is -0.118. The summed E-state index contributed by atoms with van der Waals surface area (Å²) < 4.78 is 0. The first-order valence-corrected chi connectivity index (χ1v) is 5.67. The van der Waals surface area contributed by atoms with Crippen molar-refractivity contribution in [3.63, 3.8) is 0 Å². The van der Waals surface area contributed by atoms with Crippen molar-refractivity contribution in [3.8, 4) is 0 Å². The average molecular weight is 245 g/mol. The van der Waals surface area contributed by atoms with Gasteiger partial charge in [0.15, 0.2) is 5.78 Å². The van der Waals surface area contributed by atoms with Gasteiger partial charge in [0.1, 0.15) is 0 Å². The van der Waals surface area contributed by atoms with Gasteiger partial charge in [-0.25, -0.2) is 0 Å². The van der Waals surface area contributed by atoms with E-state index in [1.165, 1.54) is 0 Å². The fraction of sp³-hybridized carbons (Fsp3) is 0.545. The maximum atomic E-state index is 11.6. The van der Waals surface area contributed by atoms with Crippen LogP contribution in [0.25, 0.3) is 0 Å². The lowest BCUT2D eigenvalue weighted by Gasteiger charge is -2.08. The van der Waals surface area contributed by atoms with Crippen molar-refractivity contribution in [1.29, 1.82) is 0 Å². The number of Topliss-reactive ketones (excluding diaryl/α,β-unsaturated/α-hetero) is 1. The average Bonchev–Trinajstić information content (AvgIpc) is 2.13. The summed E-state index contributed by atoms with van der Waals surface area (Å²) in [4.78, 5) is 11.6. The molecule has 0 amide bonds. The molecule has 13 heavy (non-hydrogen) atoms. The van der Waals surface area contributed by atoms with Gasteiger partial charge in [0.25, 0.3) is 0 Å². The lowest BCUT2D eigenvalue weighted by atomic mass is 9.96. The Bertz CT molecular complexity index is 206.